The molecular formula is C23H30N2O4S. The van der Waals surface area contributed by atoms with Crippen LogP contribution in [0, 0.1) is 0 Å². The minimum atomic E-state index is -3.18. The zero-order valence-corrected chi connectivity index (χ0v) is 18.5. The molecule has 0 atom stereocenters. The van der Waals surface area contributed by atoms with Crippen LogP contribution in [0.5, 0.6) is 5.75 Å². The molecule has 162 valence electrons. The number of carbonyl (C=O) groups is 1. The van der Waals surface area contributed by atoms with Crippen molar-refractivity contribution in [2.45, 2.75) is 44.0 Å². The largest absolute Gasteiger partial charge is 0.483 e. The molecule has 1 saturated heterocycles. The molecule has 0 aromatic heterocycles. The zero-order chi connectivity index (χ0) is 21.6. The van der Waals surface area contributed by atoms with E-state index in [0.29, 0.717) is 4.90 Å². The number of hydrogen-bond acceptors (Lipinski definition) is 5. The highest BCUT2D eigenvalue weighted by molar-refractivity contribution is 7.91. The van der Waals surface area contributed by atoms with Crippen LogP contribution in [0.15, 0.2) is 53.4 Å². The second-order valence-corrected chi connectivity index (χ2v) is 9.75. The van der Waals surface area contributed by atoms with Crippen LogP contribution in [-0.4, -0.2) is 45.8 Å². The lowest BCUT2D eigenvalue weighted by atomic mass is 10.0. The van der Waals surface area contributed by atoms with Crippen LogP contribution in [0.3, 0.4) is 0 Å². The normalized spacial score (nSPS) is 15.1. The molecule has 7 heteroatoms. The van der Waals surface area contributed by atoms with Crippen molar-refractivity contribution < 1.29 is 17.9 Å². The van der Waals surface area contributed by atoms with Gasteiger partial charge in [-0.3, -0.25) is 4.79 Å². The van der Waals surface area contributed by atoms with E-state index in [-0.39, 0.29) is 24.3 Å². The summed E-state index contributed by atoms with van der Waals surface area (Å²) < 4.78 is 29.6. The minimum Gasteiger partial charge on any atom is -0.483 e. The Morgan fingerprint density at radius 2 is 1.73 bits per heavy atom. The molecule has 0 unspecified atom stereocenters. The summed E-state index contributed by atoms with van der Waals surface area (Å²) >= 11 is 0. The number of para-hydroxylation sites is 1. The third-order valence-corrected chi connectivity index (χ3v) is 7.26. The smallest absolute Gasteiger partial charge is 0.258 e. The van der Waals surface area contributed by atoms with Gasteiger partial charge in [0.15, 0.2) is 16.4 Å². The van der Waals surface area contributed by atoms with Crippen molar-refractivity contribution in [3.05, 3.63) is 54.1 Å². The number of nitrogens with zero attached hydrogens (tertiary/aromatic N) is 1. The molecule has 0 aliphatic carbocycles. The molecule has 2 aromatic carbocycles. The van der Waals surface area contributed by atoms with E-state index in [2.05, 4.69) is 17.1 Å². The highest BCUT2D eigenvalue weighted by Gasteiger charge is 2.21. The van der Waals surface area contributed by atoms with Crippen molar-refractivity contribution in [3.63, 3.8) is 0 Å². The Morgan fingerprint density at radius 1 is 1.07 bits per heavy atom. The highest BCUT2D eigenvalue weighted by atomic mass is 32.2. The van der Waals surface area contributed by atoms with Crippen LogP contribution < -0.4 is 15.0 Å². The molecule has 1 aliphatic rings. The number of sulfone groups is 1. The van der Waals surface area contributed by atoms with Crippen molar-refractivity contribution in [1.82, 2.24) is 5.32 Å². The number of piperidine rings is 1. The zero-order valence-electron chi connectivity index (χ0n) is 17.6. The molecule has 0 radical (unpaired) electrons. The molecule has 1 aliphatic heterocycles. The predicted molar refractivity (Wildman–Crippen MR) is 119 cm³/mol. The summed E-state index contributed by atoms with van der Waals surface area (Å²) in [5.41, 5.74) is 2.10. The first-order chi connectivity index (χ1) is 14.4. The van der Waals surface area contributed by atoms with Crippen LogP contribution in [0.1, 0.15) is 32.3 Å². The maximum Gasteiger partial charge on any atom is 0.258 e. The number of benzene rings is 2. The standard InChI is InChI=1S/C23H30N2O4S/c1-3-18-7-5-6-8-22(18)29-17-23(26)24-19-13-15-25(16-14-19)20-9-11-21(12-10-20)30(27,28)4-2/h5-12,19H,3-4,13-17H2,1-2H3,(H,24,26). The summed E-state index contributed by atoms with van der Waals surface area (Å²) in [4.78, 5) is 14.9. The number of carbonyl (C=O) groups excluding carboxylic acids is 1. The van der Waals surface area contributed by atoms with Gasteiger partial charge in [0.1, 0.15) is 5.75 Å². The third-order valence-electron chi connectivity index (χ3n) is 5.51. The Hall–Kier alpha value is -2.54. The maximum absolute atomic E-state index is 12.3. The first kappa shape index (κ1) is 22.2. The number of ether oxygens (including phenoxy) is 1. The number of amides is 1. The second kappa shape index (κ2) is 9.98. The van der Waals surface area contributed by atoms with Gasteiger partial charge in [0.05, 0.1) is 10.6 Å². The second-order valence-electron chi connectivity index (χ2n) is 7.48. The van der Waals surface area contributed by atoms with Gasteiger partial charge in [-0.15, -0.1) is 0 Å². The predicted octanol–water partition coefficient (Wildman–Crippen LogP) is 3.21. The molecule has 6 nitrogen and oxygen atoms in total. The number of rotatable bonds is 8. The van der Waals surface area contributed by atoms with E-state index in [1.165, 1.54) is 0 Å². The topological polar surface area (TPSA) is 75.7 Å². The molecular weight excluding hydrogens is 400 g/mol. The van der Waals surface area contributed by atoms with Crippen molar-refractivity contribution in [3.8, 4) is 5.75 Å². The molecule has 3 rings (SSSR count). The van der Waals surface area contributed by atoms with Crippen LogP contribution in [0.4, 0.5) is 5.69 Å². The van der Waals surface area contributed by atoms with Gasteiger partial charge in [0, 0.05) is 24.8 Å². The summed E-state index contributed by atoms with van der Waals surface area (Å²) in [5.74, 6) is 0.762. The third kappa shape index (κ3) is 5.53. The van der Waals surface area contributed by atoms with Crippen molar-refractivity contribution in [2.24, 2.45) is 0 Å². The van der Waals surface area contributed by atoms with Crippen molar-refractivity contribution in [2.75, 3.05) is 30.3 Å². The van der Waals surface area contributed by atoms with Crippen LogP contribution in [-0.2, 0) is 21.1 Å². The summed E-state index contributed by atoms with van der Waals surface area (Å²) in [6.07, 6.45) is 2.54. The summed E-state index contributed by atoms with van der Waals surface area (Å²) in [6, 6.07) is 15.0. The summed E-state index contributed by atoms with van der Waals surface area (Å²) in [6.45, 7) is 5.35. The van der Waals surface area contributed by atoms with Gasteiger partial charge >= 0.3 is 0 Å². The Kier molecular flexibility index (Phi) is 7.37. The lowest BCUT2D eigenvalue weighted by Crippen LogP contribution is -2.46. The minimum absolute atomic E-state index is 0.0184. The fourth-order valence-corrected chi connectivity index (χ4v) is 4.55. The van der Waals surface area contributed by atoms with Gasteiger partial charge in [-0.1, -0.05) is 32.0 Å². The first-order valence-corrected chi connectivity index (χ1v) is 12.2. The van der Waals surface area contributed by atoms with E-state index in [1.807, 2.05) is 36.4 Å². The molecule has 1 heterocycles. The fraction of sp³-hybridized carbons (Fsp3) is 0.435. The Morgan fingerprint density at radius 3 is 2.37 bits per heavy atom. The molecule has 1 fully saturated rings. The van der Waals surface area contributed by atoms with Gasteiger partial charge in [-0.2, -0.15) is 0 Å². The molecule has 0 bridgehead atoms. The van der Waals surface area contributed by atoms with Gasteiger partial charge in [-0.25, -0.2) is 8.42 Å². The Balaban J connectivity index is 1.47. The maximum atomic E-state index is 12.3. The SMILES string of the molecule is CCc1ccccc1OCC(=O)NC1CCN(c2ccc(S(=O)(=O)CC)cc2)CC1. The quantitative estimate of drug-likeness (QED) is 0.696. The fourth-order valence-electron chi connectivity index (χ4n) is 3.66. The Bertz CT molecular complexity index is 949. The number of nitrogens with one attached hydrogen (secondary N) is 1. The van der Waals surface area contributed by atoms with E-state index in [1.54, 1.807) is 19.1 Å². The van der Waals surface area contributed by atoms with E-state index < -0.39 is 9.84 Å². The highest BCUT2D eigenvalue weighted by Crippen LogP contribution is 2.23. The summed E-state index contributed by atoms with van der Waals surface area (Å²) in [5, 5.41) is 3.07. The molecule has 0 saturated carbocycles. The van der Waals surface area contributed by atoms with Gasteiger partial charge in [0.2, 0.25) is 0 Å². The van der Waals surface area contributed by atoms with Crippen molar-refractivity contribution in [1.29, 1.82) is 0 Å². The lowest BCUT2D eigenvalue weighted by Gasteiger charge is -2.34. The van der Waals surface area contributed by atoms with E-state index >= 15 is 0 Å². The van der Waals surface area contributed by atoms with Gasteiger partial charge in [0.25, 0.3) is 5.91 Å². The number of aryl methyl sites for hydroxylation is 1. The summed E-state index contributed by atoms with van der Waals surface area (Å²) in [7, 11) is -3.18. The van der Waals surface area contributed by atoms with E-state index in [4.69, 9.17) is 4.74 Å². The first-order valence-electron chi connectivity index (χ1n) is 10.5. The average Bonchev–Trinajstić information content (AvgIpc) is 2.78. The van der Waals surface area contributed by atoms with Crippen LogP contribution in [0.2, 0.25) is 0 Å². The van der Waals surface area contributed by atoms with E-state index in [9.17, 15) is 13.2 Å². The monoisotopic (exact) mass is 430 g/mol. The van der Waals surface area contributed by atoms with Crippen LogP contribution in [0.25, 0.3) is 0 Å². The molecule has 1 amide bonds. The number of anilines is 1. The molecule has 30 heavy (non-hydrogen) atoms. The van der Waals surface area contributed by atoms with Gasteiger partial charge in [-0.05, 0) is 55.2 Å². The molecule has 2 aromatic rings. The molecule has 1 N–H and O–H groups in total. The van der Waals surface area contributed by atoms with E-state index in [0.717, 1.165) is 49.4 Å². The van der Waals surface area contributed by atoms with Crippen LogP contribution >= 0.6 is 0 Å². The van der Waals surface area contributed by atoms with Crippen molar-refractivity contribution >= 4 is 21.4 Å². The molecule has 0 spiro atoms. The lowest BCUT2D eigenvalue weighted by molar-refractivity contribution is -0.123. The number of hydrogen-bond donors (Lipinski definition) is 1. The Labute approximate surface area is 179 Å². The van der Waals surface area contributed by atoms with Gasteiger partial charge < -0.3 is 15.0 Å². The average molecular weight is 431 g/mol.